The molecule has 0 spiro atoms. The SMILES string of the molecule is Cc1cccc(C(=O)Nc2[nH]nc3sc(C(=O)NC(C)C)cc23)c1. The fraction of sp³-hybridized carbons (Fsp3) is 0.235. The van der Waals surface area contributed by atoms with Gasteiger partial charge in [0.15, 0.2) is 0 Å². The van der Waals surface area contributed by atoms with Gasteiger partial charge in [0.1, 0.15) is 10.6 Å². The van der Waals surface area contributed by atoms with Crippen LogP contribution in [-0.2, 0) is 0 Å². The van der Waals surface area contributed by atoms with Gasteiger partial charge in [-0.2, -0.15) is 5.10 Å². The first kappa shape index (κ1) is 16.2. The van der Waals surface area contributed by atoms with Gasteiger partial charge in [0, 0.05) is 11.6 Å². The minimum absolute atomic E-state index is 0.0639. The lowest BCUT2D eigenvalue weighted by Crippen LogP contribution is -2.29. The van der Waals surface area contributed by atoms with Gasteiger partial charge in [0.2, 0.25) is 0 Å². The summed E-state index contributed by atoms with van der Waals surface area (Å²) < 4.78 is 0. The van der Waals surface area contributed by atoms with Crippen LogP contribution in [0.2, 0.25) is 0 Å². The molecule has 2 amide bonds. The summed E-state index contributed by atoms with van der Waals surface area (Å²) in [4.78, 5) is 25.7. The number of thiophene rings is 1. The van der Waals surface area contributed by atoms with E-state index in [1.807, 2.05) is 39.0 Å². The lowest BCUT2D eigenvalue weighted by molar-refractivity contribution is 0.0946. The monoisotopic (exact) mass is 342 g/mol. The number of fused-ring (bicyclic) bond motifs is 1. The van der Waals surface area contributed by atoms with Gasteiger partial charge in [-0.1, -0.05) is 17.7 Å². The van der Waals surface area contributed by atoms with Crippen LogP contribution in [0.5, 0.6) is 0 Å². The molecule has 2 aromatic heterocycles. The van der Waals surface area contributed by atoms with E-state index in [-0.39, 0.29) is 17.9 Å². The maximum absolute atomic E-state index is 12.4. The number of aromatic amines is 1. The predicted octanol–water partition coefficient (Wildman–Crippen LogP) is 3.32. The van der Waals surface area contributed by atoms with Crippen molar-refractivity contribution >= 4 is 39.2 Å². The van der Waals surface area contributed by atoms with E-state index in [0.717, 1.165) is 10.9 Å². The number of rotatable bonds is 4. The van der Waals surface area contributed by atoms with Gasteiger partial charge >= 0.3 is 0 Å². The smallest absolute Gasteiger partial charge is 0.261 e. The van der Waals surface area contributed by atoms with Crippen LogP contribution >= 0.6 is 11.3 Å². The van der Waals surface area contributed by atoms with E-state index in [9.17, 15) is 9.59 Å². The lowest BCUT2D eigenvalue weighted by Gasteiger charge is -2.05. The molecule has 0 aliphatic carbocycles. The van der Waals surface area contributed by atoms with Gasteiger partial charge < -0.3 is 10.6 Å². The highest BCUT2D eigenvalue weighted by Crippen LogP contribution is 2.29. The molecule has 0 saturated heterocycles. The van der Waals surface area contributed by atoms with Crippen molar-refractivity contribution in [3.05, 3.63) is 46.3 Å². The molecule has 0 fully saturated rings. The van der Waals surface area contributed by atoms with E-state index in [2.05, 4.69) is 20.8 Å². The zero-order valence-electron chi connectivity index (χ0n) is 13.6. The topological polar surface area (TPSA) is 86.9 Å². The molecule has 0 unspecified atom stereocenters. The normalized spacial score (nSPS) is 11.0. The number of nitrogens with zero attached hydrogens (tertiary/aromatic N) is 1. The van der Waals surface area contributed by atoms with Gasteiger partial charge in [0.25, 0.3) is 11.8 Å². The fourth-order valence-corrected chi connectivity index (χ4v) is 3.22. The number of carbonyl (C=O) groups excluding carboxylic acids is 2. The van der Waals surface area contributed by atoms with E-state index in [1.54, 1.807) is 12.1 Å². The predicted molar refractivity (Wildman–Crippen MR) is 95.7 cm³/mol. The Balaban J connectivity index is 1.84. The van der Waals surface area contributed by atoms with Crippen molar-refractivity contribution in [2.75, 3.05) is 5.32 Å². The van der Waals surface area contributed by atoms with Crippen molar-refractivity contribution in [2.24, 2.45) is 0 Å². The van der Waals surface area contributed by atoms with Crippen molar-refractivity contribution in [1.29, 1.82) is 0 Å². The van der Waals surface area contributed by atoms with Gasteiger partial charge in [-0.3, -0.25) is 14.7 Å². The highest BCUT2D eigenvalue weighted by molar-refractivity contribution is 7.20. The Bertz CT molecular complexity index is 910. The summed E-state index contributed by atoms with van der Waals surface area (Å²) in [6.07, 6.45) is 0. The molecule has 0 aliphatic heterocycles. The van der Waals surface area contributed by atoms with E-state index in [0.29, 0.717) is 21.1 Å². The Morgan fingerprint density at radius 3 is 2.71 bits per heavy atom. The van der Waals surface area contributed by atoms with Crippen LogP contribution in [0.15, 0.2) is 30.3 Å². The third-order valence-corrected chi connectivity index (χ3v) is 4.44. The number of hydrogen-bond donors (Lipinski definition) is 3. The quantitative estimate of drug-likeness (QED) is 0.680. The standard InChI is InChI=1S/C17H18N4O2S/c1-9(2)18-16(23)13-8-12-14(20-21-17(12)24-13)19-15(22)11-6-4-5-10(3)7-11/h4-9H,1-3H3,(H,18,23)(H2,19,20,21,22). The van der Waals surface area contributed by atoms with Crippen LogP contribution in [0.3, 0.4) is 0 Å². The molecule has 3 N–H and O–H groups in total. The van der Waals surface area contributed by atoms with Crippen LogP contribution < -0.4 is 10.6 Å². The van der Waals surface area contributed by atoms with Crippen LogP contribution in [0.4, 0.5) is 5.82 Å². The van der Waals surface area contributed by atoms with Crippen molar-refractivity contribution in [1.82, 2.24) is 15.5 Å². The van der Waals surface area contributed by atoms with Gasteiger partial charge in [-0.05, 0) is 39.0 Å². The maximum atomic E-state index is 12.4. The third kappa shape index (κ3) is 3.30. The summed E-state index contributed by atoms with van der Waals surface area (Å²) in [5, 5.41) is 13.4. The fourth-order valence-electron chi connectivity index (χ4n) is 2.32. The summed E-state index contributed by atoms with van der Waals surface area (Å²) in [7, 11) is 0. The van der Waals surface area contributed by atoms with Gasteiger partial charge in [0.05, 0.1) is 10.3 Å². The average molecular weight is 342 g/mol. The number of aromatic nitrogens is 2. The van der Waals surface area contributed by atoms with E-state index in [4.69, 9.17) is 0 Å². The van der Waals surface area contributed by atoms with Crippen LogP contribution in [0.1, 0.15) is 39.4 Å². The molecule has 124 valence electrons. The molecule has 6 nitrogen and oxygen atoms in total. The minimum atomic E-state index is -0.219. The Morgan fingerprint density at radius 1 is 1.21 bits per heavy atom. The lowest BCUT2D eigenvalue weighted by atomic mass is 10.1. The summed E-state index contributed by atoms with van der Waals surface area (Å²) in [5.74, 6) is 0.143. The molecular formula is C17H18N4O2S. The first-order valence-corrected chi connectivity index (χ1v) is 8.42. The van der Waals surface area contributed by atoms with Crippen molar-refractivity contribution < 1.29 is 9.59 Å². The van der Waals surface area contributed by atoms with Crippen molar-refractivity contribution in [3.8, 4) is 0 Å². The zero-order chi connectivity index (χ0) is 17.3. The number of amides is 2. The molecule has 0 atom stereocenters. The second kappa shape index (κ2) is 6.45. The first-order valence-electron chi connectivity index (χ1n) is 7.61. The van der Waals surface area contributed by atoms with E-state index >= 15 is 0 Å². The Kier molecular flexibility index (Phi) is 4.35. The maximum Gasteiger partial charge on any atom is 0.261 e. The molecule has 0 aliphatic rings. The van der Waals surface area contributed by atoms with Gasteiger partial charge in [-0.25, -0.2) is 0 Å². The number of benzene rings is 1. The third-order valence-electron chi connectivity index (χ3n) is 3.41. The second-order valence-electron chi connectivity index (χ2n) is 5.88. The summed E-state index contributed by atoms with van der Waals surface area (Å²) in [6.45, 7) is 5.75. The highest BCUT2D eigenvalue weighted by Gasteiger charge is 2.17. The largest absolute Gasteiger partial charge is 0.349 e. The minimum Gasteiger partial charge on any atom is -0.349 e. The number of anilines is 1. The molecule has 7 heteroatoms. The van der Waals surface area contributed by atoms with Crippen LogP contribution in [-0.4, -0.2) is 28.1 Å². The molecule has 0 radical (unpaired) electrons. The molecule has 3 aromatic rings. The Hall–Kier alpha value is -2.67. The summed E-state index contributed by atoms with van der Waals surface area (Å²) >= 11 is 1.29. The number of carbonyl (C=O) groups is 2. The van der Waals surface area contributed by atoms with Crippen LogP contribution in [0.25, 0.3) is 10.2 Å². The molecule has 0 saturated carbocycles. The number of nitrogens with one attached hydrogen (secondary N) is 3. The highest BCUT2D eigenvalue weighted by atomic mass is 32.1. The second-order valence-corrected chi connectivity index (χ2v) is 6.91. The molecule has 0 bridgehead atoms. The Morgan fingerprint density at radius 2 is 2.00 bits per heavy atom. The molecule has 3 rings (SSSR count). The molecule has 24 heavy (non-hydrogen) atoms. The number of H-pyrrole nitrogens is 1. The van der Waals surface area contributed by atoms with Crippen molar-refractivity contribution in [3.63, 3.8) is 0 Å². The number of hydrogen-bond acceptors (Lipinski definition) is 4. The average Bonchev–Trinajstić information content (AvgIpc) is 3.08. The van der Waals surface area contributed by atoms with E-state index < -0.39 is 0 Å². The summed E-state index contributed by atoms with van der Waals surface area (Å²) in [5.41, 5.74) is 1.59. The van der Waals surface area contributed by atoms with Crippen molar-refractivity contribution in [2.45, 2.75) is 26.8 Å². The molecular weight excluding hydrogens is 324 g/mol. The molecule has 2 heterocycles. The molecule has 1 aromatic carbocycles. The zero-order valence-corrected chi connectivity index (χ0v) is 14.5. The number of aryl methyl sites for hydroxylation is 1. The summed E-state index contributed by atoms with van der Waals surface area (Å²) in [6, 6.07) is 9.15. The Labute approximate surface area is 143 Å². The van der Waals surface area contributed by atoms with Crippen LogP contribution in [0, 0.1) is 6.92 Å². The van der Waals surface area contributed by atoms with E-state index in [1.165, 1.54) is 11.3 Å². The first-order chi connectivity index (χ1) is 11.4. The van der Waals surface area contributed by atoms with Gasteiger partial charge in [-0.15, -0.1) is 11.3 Å².